The predicted molar refractivity (Wildman–Crippen MR) is 93.5 cm³/mol. The summed E-state index contributed by atoms with van der Waals surface area (Å²) in [5.74, 6) is 0. The van der Waals surface area contributed by atoms with Gasteiger partial charge >= 0.3 is 0 Å². The van der Waals surface area contributed by atoms with Gasteiger partial charge < -0.3 is 5.31 Å². The Bertz CT molecular complexity index is 815. The summed E-state index contributed by atoms with van der Waals surface area (Å²) < 4.78 is 8.48. The molecule has 0 bridgehead atoms. The number of hydrogen-bond acceptors (Lipinski definition) is 5. The van der Waals surface area contributed by atoms with Crippen LogP contribution in [0.15, 0.2) is 36.4 Å². The minimum Gasteiger partial charge on any atom is -0.303 e. The molecule has 2 aromatic carbocycles. The monoisotopic (exact) mass is 342 g/mol. The molecule has 2 atom stereocenters. The number of benzene rings is 2. The molecule has 1 heterocycles. The molecular formula is C18H19N3O4. The molecule has 1 fully saturated rings. The number of nitrogens with zero attached hydrogens (tertiary/aromatic N) is 2. The highest BCUT2D eigenvalue weighted by Crippen LogP contribution is 2.37. The zero-order chi connectivity index (χ0) is 19.0. The maximum atomic E-state index is 11.2. The number of nitro benzene ring substituents is 2. The topological polar surface area (TPSA) is 98.3 Å². The summed E-state index contributed by atoms with van der Waals surface area (Å²) in [5.41, 5.74) is 2.71. The number of aryl methyl sites for hydroxylation is 2. The summed E-state index contributed by atoms with van der Waals surface area (Å²) in [6.07, 6.45) is 1.33. The lowest BCUT2D eigenvalue weighted by molar-refractivity contribution is -0.385. The zero-order valence-electron chi connectivity index (χ0n) is 15.0. The SMILES string of the molecule is [2H]N1C(c2ccc(C)c([N+](=O)[O-])c2)CCC1c1ccc(C)c([N+](=O)[O-])c1. The average molecular weight is 342 g/mol. The normalized spacial score (nSPS) is 21.1. The first-order chi connectivity index (χ1) is 12.3. The van der Waals surface area contributed by atoms with Crippen LogP contribution in [-0.2, 0) is 0 Å². The van der Waals surface area contributed by atoms with E-state index in [9.17, 15) is 20.2 Å². The third-order valence-electron chi connectivity index (χ3n) is 4.70. The maximum absolute atomic E-state index is 11.2. The summed E-state index contributed by atoms with van der Waals surface area (Å²) in [4.78, 5) is 21.5. The van der Waals surface area contributed by atoms with Crippen LogP contribution in [0.25, 0.3) is 0 Å². The molecule has 1 N–H and O–H groups in total. The van der Waals surface area contributed by atoms with E-state index in [1.165, 1.54) is 17.4 Å². The summed E-state index contributed by atoms with van der Waals surface area (Å²) in [6, 6.07) is 9.53. The van der Waals surface area contributed by atoms with Crippen LogP contribution < -0.4 is 5.31 Å². The van der Waals surface area contributed by atoms with Crippen molar-refractivity contribution in [3.8, 4) is 0 Å². The van der Waals surface area contributed by atoms with E-state index in [4.69, 9.17) is 1.41 Å². The average Bonchev–Trinajstić information content (AvgIpc) is 2.97. The van der Waals surface area contributed by atoms with Crippen molar-refractivity contribution in [1.82, 2.24) is 5.31 Å². The Morgan fingerprint density at radius 2 is 1.32 bits per heavy atom. The molecule has 0 aromatic heterocycles. The first kappa shape index (κ1) is 15.7. The maximum Gasteiger partial charge on any atom is 0.272 e. The smallest absolute Gasteiger partial charge is 0.272 e. The molecule has 130 valence electrons. The van der Waals surface area contributed by atoms with Crippen molar-refractivity contribution in [2.24, 2.45) is 0 Å². The van der Waals surface area contributed by atoms with Gasteiger partial charge in [-0.05, 0) is 37.8 Å². The summed E-state index contributed by atoms with van der Waals surface area (Å²) in [6.45, 7) is 3.37. The van der Waals surface area contributed by atoms with E-state index in [1.54, 1.807) is 26.0 Å². The zero-order valence-corrected chi connectivity index (χ0v) is 14.0. The Morgan fingerprint density at radius 1 is 0.920 bits per heavy atom. The minimum absolute atomic E-state index is 0.0466. The van der Waals surface area contributed by atoms with Crippen molar-refractivity contribution in [3.05, 3.63) is 78.9 Å². The fraction of sp³-hybridized carbons (Fsp3) is 0.333. The molecular weight excluding hydrogens is 322 g/mol. The van der Waals surface area contributed by atoms with Crippen LogP contribution in [0.3, 0.4) is 0 Å². The standard InChI is InChI=1S/C18H19N3O4/c1-11-3-5-13(9-17(11)20(22)23)15-7-8-16(19-15)14-6-4-12(2)18(10-14)21(24)25/h3-6,9-10,15-16,19H,7-8H2,1-2H3/i/hD. The molecule has 1 saturated heterocycles. The van der Waals surface area contributed by atoms with Crippen molar-refractivity contribution < 1.29 is 11.3 Å². The second-order valence-electron chi connectivity index (χ2n) is 6.36. The first-order valence-corrected chi connectivity index (χ1v) is 8.06. The third kappa shape index (κ3) is 3.36. The van der Waals surface area contributed by atoms with Crippen molar-refractivity contribution >= 4 is 11.4 Å². The molecule has 0 aliphatic carbocycles. The van der Waals surface area contributed by atoms with E-state index in [0.29, 0.717) is 24.0 Å². The van der Waals surface area contributed by atoms with E-state index in [2.05, 4.69) is 0 Å². The summed E-state index contributed by atoms with van der Waals surface area (Å²) in [7, 11) is 0. The molecule has 0 radical (unpaired) electrons. The van der Waals surface area contributed by atoms with Gasteiger partial charge in [0.1, 0.15) is 1.41 Å². The number of hydrogen-bond donors (Lipinski definition) is 1. The highest BCUT2D eigenvalue weighted by molar-refractivity contribution is 5.45. The lowest BCUT2D eigenvalue weighted by atomic mass is 10.0. The lowest BCUT2D eigenvalue weighted by Crippen LogP contribution is -2.18. The fourth-order valence-corrected chi connectivity index (χ4v) is 3.25. The second kappa shape index (κ2) is 6.60. The van der Waals surface area contributed by atoms with Gasteiger partial charge in [0.15, 0.2) is 0 Å². The molecule has 25 heavy (non-hydrogen) atoms. The van der Waals surface area contributed by atoms with E-state index >= 15 is 0 Å². The van der Waals surface area contributed by atoms with Crippen molar-refractivity contribution in [3.63, 3.8) is 0 Å². The Labute approximate surface area is 146 Å². The van der Waals surface area contributed by atoms with Gasteiger partial charge in [-0.3, -0.25) is 20.2 Å². The third-order valence-corrected chi connectivity index (χ3v) is 4.70. The Balaban J connectivity index is 1.90. The molecule has 2 unspecified atom stereocenters. The van der Waals surface area contributed by atoms with Crippen molar-refractivity contribution in [1.29, 1.82) is 0 Å². The van der Waals surface area contributed by atoms with Gasteiger partial charge in [0.05, 0.1) is 9.85 Å². The molecule has 7 nitrogen and oxygen atoms in total. The minimum atomic E-state index is -0.414. The first-order valence-electron chi connectivity index (χ1n) is 8.51. The number of nitrogens with one attached hydrogen (secondary N) is 1. The van der Waals surface area contributed by atoms with E-state index in [1.807, 2.05) is 12.1 Å². The van der Waals surface area contributed by atoms with Gasteiger partial charge in [0, 0.05) is 35.3 Å². The van der Waals surface area contributed by atoms with E-state index in [0.717, 1.165) is 11.1 Å². The Morgan fingerprint density at radius 3 is 1.68 bits per heavy atom. The van der Waals surface area contributed by atoms with Gasteiger partial charge in [-0.1, -0.05) is 24.3 Å². The molecule has 7 heteroatoms. The highest BCUT2D eigenvalue weighted by Gasteiger charge is 2.28. The van der Waals surface area contributed by atoms with Gasteiger partial charge in [-0.15, -0.1) is 0 Å². The molecule has 1 aliphatic rings. The van der Waals surface area contributed by atoms with Crippen LogP contribution in [0.1, 0.15) is 47.2 Å². The number of rotatable bonds is 4. The fourth-order valence-electron chi connectivity index (χ4n) is 3.25. The van der Waals surface area contributed by atoms with Gasteiger partial charge in [-0.2, -0.15) is 0 Å². The van der Waals surface area contributed by atoms with E-state index < -0.39 is 9.85 Å². The van der Waals surface area contributed by atoms with E-state index in [-0.39, 0.29) is 23.5 Å². The van der Waals surface area contributed by atoms with Gasteiger partial charge in [0.25, 0.3) is 11.4 Å². The van der Waals surface area contributed by atoms with Gasteiger partial charge in [-0.25, -0.2) is 0 Å². The quantitative estimate of drug-likeness (QED) is 0.660. The largest absolute Gasteiger partial charge is 0.303 e. The van der Waals surface area contributed by atoms with Crippen LogP contribution in [-0.4, -0.2) is 9.85 Å². The summed E-state index contributed by atoms with van der Waals surface area (Å²) in [5, 5.41) is 23.7. The van der Waals surface area contributed by atoms with Crippen molar-refractivity contribution in [2.75, 3.05) is 0 Å². The molecule has 0 amide bonds. The molecule has 0 saturated carbocycles. The van der Waals surface area contributed by atoms with Crippen LogP contribution in [0, 0.1) is 34.1 Å². The van der Waals surface area contributed by atoms with Crippen LogP contribution >= 0.6 is 0 Å². The molecule has 1 aliphatic heterocycles. The van der Waals surface area contributed by atoms with Crippen molar-refractivity contribution in [2.45, 2.75) is 38.8 Å². The summed E-state index contributed by atoms with van der Waals surface area (Å²) >= 11 is 0. The van der Waals surface area contributed by atoms with Gasteiger partial charge in [0.2, 0.25) is 0 Å². The molecule has 3 rings (SSSR count). The lowest BCUT2D eigenvalue weighted by Gasteiger charge is -2.15. The van der Waals surface area contributed by atoms with Crippen LogP contribution in [0.5, 0.6) is 0 Å². The predicted octanol–water partition coefficient (Wildman–Crippen LogP) is 4.29. The molecule has 0 spiro atoms. The number of nitro groups is 2. The van der Waals surface area contributed by atoms with Crippen LogP contribution in [0.2, 0.25) is 1.41 Å². The van der Waals surface area contributed by atoms with Crippen LogP contribution in [0.4, 0.5) is 11.4 Å². The highest BCUT2D eigenvalue weighted by atomic mass is 16.6. The second-order valence-corrected chi connectivity index (χ2v) is 6.36. The molecule has 2 aromatic rings. The Kier molecular flexibility index (Phi) is 4.15. The Hall–Kier alpha value is -2.80.